The molecule has 0 unspecified atom stereocenters. The Labute approximate surface area is 140 Å². The van der Waals surface area contributed by atoms with Gasteiger partial charge >= 0.3 is 0 Å². The number of hydrogen-bond acceptors (Lipinski definition) is 6. The lowest BCUT2D eigenvalue weighted by atomic mass is 10.2. The van der Waals surface area contributed by atoms with E-state index in [1.807, 2.05) is 25.8 Å². The lowest BCUT2D eigenvalue weighted by Gasteiger charge is -2.22. The van der Waals surface area contributed by atoms with Gasteiger partial charge in [-0.1, -0.05) is 0 Å². The number of thiazole rings is 1. The number of nitrogens with zero attached hydrogens (tertiary/aromatic N) is 4. The summed E-state index contributed by atoms with van der Waals surface area (Å²) in [5.74, 6) is 0.448. The third kappa shape index (κ3) is 3.64. The molecular weight excluding hydrogens is 314 g/mol. The lowest BCUT2D eigenvalue weighted by molar-refractivity contribution is -0.127. The van der Waals surface area contributed by atoms with E-state index >= 15 is 0 Å². The Balaban J connectivity index is 2.09. The van der Waals surface area contributed by atoms with Crippen LogP contribution < -0.4 is 5.32 Å². The van der Waals surface area contributed by atoms with Gasteiger partial charge in [0.1, 0.15) is 11.5 Å². The maximum atomic E-state index is 12.7. The van der Waals surface area contributed by atoms with Gasteiger partial charge in [0.2, 0.25) is 6.41 Å². The summed E-state index contributed by atoms with van der Waals surface area (Å²) in [7, 11) is 5.24. The van der Waals surface area contributed by atoms with Crippen molar-refractivity contribution in [2.24, 2.45) is 0 Å². The molecule has 2 amide bonds. The maximum absolute atomic E-state index is 12.7. The van der Waals surface area contributed by atoms with Gasteiger partial charge in [0.15, 0.2) is 0 Å². The van der Waals surface area contributed by atoms with E-state index in [1.165, 1.54) is 9.78 Å². The van der Waals surface area contributed by atoms with E-state index in [2.05, 4.69) is 10.3 Å². The number of rotatable bonds is 6. The summed E-state index contributed by atoms with van der Waals surface area (Å²) in [4.78, 5) is 34.2. The van der Waals surface area contributed by atoms with Gasteiger partial charge in [-0.05, 0) is 13.8 Å². The van der Waals surface area contributed by atoms with E-state index in [4.69, 9.17) is 0 Å². The summed E-state index contributed by atoms with van der Waals surface area (Å²) in [5.41, 5.74) is 1.55. The molecule has 1 aliphatic heterocycles. The molecule has 0 spiro atoms. The van der Waals surface area contributed by atoms with Crippen LogP contribution in [0.5, 0.6) is 0 Å². The van der Waals surface area contributed by atoms with Crippen LogP contribution in [0.3, 0.4) is 0 Å². The summed E-state index contributed by atoms with van der Waals surface area (Å²) < 4.78 is 0. The summed E-state index contributed by atoms with van der Waals surface area (Å²) in [6, 6.07) is 0. The van der Waals surface area contributed by atoms with Gasteiger partial charge in [0, 0.05) is 39.0 Å². The van der Waals surface area contributed by atoms with Crippen molar-refractivity contribution >= 4 is 23.7 Å². The number of carbonyl (C=O) groups is 2. The molecule has 23 heavy (non-hydrogen) atoms. The van der Waals surface area contributed by atoms with Gasteiger partial charge in [0.25, 0.3) is 5.91 Å². The number of carbonyl (C=O) groups excluding carboxylic acids is 2. The van der Waals surface area contributed by atoms with E-state index in [1.54, 1.807) is 30.3 Å². The molecule has 1 aromatic rings. The largest absolute Gasteiger partial charge is 0.352 e. The first kappa shape index (κ1) is 17.3. The van der Waals surface area contributed by atoms with Crippen molar-refractivity contribution in [1.29, 1.82) is 0 Å². The lowest BCUT2D eigenvalue weighted by Crippen LogP contribution is -2.35. The molecule has 0 saturated carbocycles. The zero-order valence-corrected chi connectivity index (χ0v) is 15.0. The van der Waals surface area contributed by atoms with Crippen molar-refractivity contribution in [3.63, 3.8) is 0 Å². The first-order chi connectivity index (χ1) is 10.8. The minimum Gasteiger partial charge on any atom is -0.352 e. The second-order valence-corrected chi connectivity index (χ2v) is 6.95. The molecule has 1 aliphatic rings. The first-order valence-electron chi connectivity index (χ1n) is 7.41. The molecule has 7 nitrogen and oxygen atoms in total. The molecular formula is C15H23N5O2S. The van der Waals surface area contributed by atoms with E-state index in [9.17, 15) is 9.59 Å². The van der Waals surface area contributed by atoms with Crippen LogP contribution in [0.25, 0.3) is 0 Å². The molecule has 2 rings (SSSR count). The van der Waals surface area contributed by atoms with Crippen molar-refractivity contribution in [3.05, 3.63) is 27.1 Å². The highest BCUT2D eigenvalue weighted by molar-refractivity contribution is 7.11. The number of aromatic nitrogens is 1. The second-order valence-electron chi connectivity index (χ2n) is 5.66. The highest BCUT2D eigenvalue weighted by Crippen LogP contribution is 2.20. The van der Waals surface area contributed by atoms with Crippen molar-refractivity contribution < 1.29 is 9.59 Å². The zero-order chi connectivity index (χ0) is 17.1. The van der Waals surface area contributed by atoms with Crippen LogP contribution in [0.1, 0.15) is 15.6 Å². The molecule has 0 bridgehead atoms. The molecule has 8 heteroatoms. The molecule has 1 aromatic heterocycles. The number of aryl methyl sites for hydroxylation is 2. The van der Waals surface area contributed by atoms with Gasteiger partial charge in [-0.2, -0.15) is 0 Å². The number of hydrogen-bond donors (Lipinski definition) is 1. The third-order valence-electron chi connectivity index (χ3n) is 3.82. The molecule has 0 fully saturated rings. The van der Waals surface area contributed by atoms with Crippen LogP contribution in [0.15, 0.2) is 11.5 Å². The molecule has 126 valence electrons. The molecule has 0 aromatic carbocycles. The Morgan fingerprint density at radius 3 is 2.70 bits per heavy atom. The SMILES string of the molecule is Cc1nc(C)c(CCN(C)C(=O)C2=C(N(C)C=O)NCN2C)s1. The first-order valence-corrected chi connectivity index (χ1v) is 8.22. The zero-order valence-electron chi connectivity index (χ0n) is 14.2. The summed E-state index contributed by atoms with van der Waals surface area (Å²) in [5, 5.41) is 4.12. The van der Waals surface area contributed by atoms with Crippen molar-refractivity contribution in [2.45, 2.75) is 20.3 Å². The molecule has 0 atom stereocenters. The van der Waals surface area contributed by atoms with Gasteiger partial charge < -0.3 is 20.0 Å². The van der Waals surface area contributed by atoms with Crippen LogP contribution >= 0.6 is 11.3 Å². The third-order valence-corrected chi connectivity index (χ3v) is 4.96. The minimum absolute atomic E-state index is 0.0971. The Kier molecular flexibility index (Phi) is 5.25. The van der Waals surface area contributed by atoms with Crippen LogP contribution in [0.2, 0.25) is 0 Å². The van der Waals surface area contributed by atoms with Crippen LogP contribution in [-0.2, 0) is 16.0 Å². The monoisotopic (exact) mass is 337 g/mol. The average molecular weight is 337 g/mol. The summed E-state index contributed by atoms with van der Waals surface area (Å²) in [6.45, 7) is 5.10. The molecule has 0 aliphatic carbocycles. The Morgan fingerprint density at radius 2 is 2.13 bits per heavy atom. The van der Waals surface area contributed by atoms with Gasteiger partial charge in [-0.15, -0.1) is 11.3 Å². The number of nitrogens with one attached hydrogen (secondary N) is 1. The summed E-state index contributed by atoms with van der Waals surface area (Å²) >= 11 is 1.67. The fraction of sp³-hybridized carbons (Fsp3) is 0.533. The summed E-state index contributed by atoms with van der Waals surface area (Å²) in [6.07, 6.45) is 1.47. The fourth-order valence-electron chi connectivity index (χ4n) is 2.50. The highest BCUT2D eigenvalue weighted by atomic mass is 32.1. The van der Waals surface area contributed by atoms with Crippen LogP contribution in [0, 0.1) is 13.8 Å². The van der Waals surface area contributed by atoms with E-state index < -0.39 is 0 Å². The highest BCUT2D eigenvalue weighted by Gasteiger charge is 2.29. The quantitative estimate of drug-likeness (QED) is 0.766. The minimum atomic E-state index is -0.0971. The molecule has 0 saturated heterocycles. The van der Waals surface area contributed by atoms with Crippen molar-refractivity contribution in [1.82, 2.24) is 25.0 Å². The van der Waals surface area contributed by atoms with Crippen LogP contribution in [-0.4, -0.2) is 66.4 Å². The average Bonchev–Trinajstić information content (AvgIpc) is 3.05. The van der Waals surface area contributed by atoms with E-state index in [0.29, 0.717) is 31.1 Å². The number of amides is 2. The predicted octanol–water partition coefficient (Wildman–Crippen LogP) is 0.511. The van der Waals surface area contributed by atoms with Crippen molar-refractivity contribution in [2.75, 3.05) is 34.4 Å². The van der Waals surface area contributed by atoms with Gasteiger partial charge in [0.05, 0.1) is 17.4 Å². The van der Waals surface area contributed by atoms with Crippen LogP contribution in [0.4, 0.5) is 0 Å². The molecule has 1 N–H and O–H groups in total. The Hall–Kier alpha value is -2.09. The standard InChI is InChI=1S/C15H23N5O2S/c1-10-12(23-11(2)17-10)6-7-18(3)15(22)13-14(20(5)9-21)16-8-19(13)4/h9,16H,6-8H2,1-5H3. The maximum Gasteiger partial charge on any atom is 0.273 e. The smallest absolute Gasteiger partial charge is 0.273 e. The predicted molar refractivity (Wildman–Crippen MR) is 89.5 cm³/mol. The fourth-order valence-corrected chi connectivity index (χ4v) is 3.43. The van der Waals surface area contributed by atoms with Gasteiger partial charge in [-0.3, -0.25) is 9.59 Å². The topological polar surface area (TPSA) is 68.8 Å². The Morgan fingerprint density at radius 1 is 1.43 bits per heavy atom. The van der Waals surface area contributed by atoms with E-state index in [-0.39, 0.29) is 5.91 Å². The number of likely N-dealkylation sites (N-methyl/N-ethyl adjacent to an activating group) is 2. The normalized spacial score (nSPS) is 14.0. The molecule has 2 heterocycles. The van der Waals surface area contributed by atoms with E-state index in [0.717, 1.165) is 17.1 Å². The Bertz CT molecular complexity index is 640. The second kappa shape index (κ2) is 6.99. The van der Waals surface area contributed by atoms with Gasteiger partial charge in [-0.25, -0.2) is 4.98 Å². The molecule has 0 radical (unpaired) electrons. The van der Waals surface area contributed by atoms with Crippen molar-refractivity contribution in [3.8, 4) is 0 Å².